The minimum absolute atomic E-state index is 0.102. The van der Waals surface area contributed by atoms with E-state index in [1.807, 2.05) is 20.8 Å². The molecule has 0 bridgehead atoms. The minimum atomic E-state index is -0.789. The van der Waals surface area contributed by atoms with Crippen molar-refractivity contribution in [2.75, 3.05) is 6.54 Å². The fourth-order valence-electron chi connectivity index (χ4n) is 2.30. The maximum Gasteiger partial charge on any atom is 0.287 e. The van der Waals surface area contributed by atoms with E-state index in [2.05, 4.69) is 5.32 Å². The molecule has 5 heteroatoms. The topological polar surface area (TPSA) is 71.7 Å². The average molecular weight is 317 g/mol. The Morgan fingerprint density at radius 2 is 1.91 bits per heavy atom. The van der Waals surface area contributed by atoms with E-state index in [0.29, 0.717) is 11.3 Å². The second kappa shape index (κ2) is 7.33. The Hall–Kier alpha value is -2.27. The molecule has 23 heavy (non-hydrogen) atoms. The number of aliphatic hydroxyl groups is 1. The van der Waals surface area contributed by atoms with Crippen molar-refractivity contribution >= 4 is 5.91 Å². The Morgan fingerprint density at radius 3 is 2.43 bits per heavy atom. The van der Waals surface area contributed by atoms with Crippen LogP contribution in [0.3, 0.4) is 0 Å². The van der Waals surface area contributed by atoms with Crippen LogP contribution in [0.2, 0.25) is 0 Å². The minimum Gasteiger partial charge on any atom is -0.491 e. The molecule has 1 unspecified atom stereocenters. The molecule has 2 rings (SSSR count). The Bertz CT molecular complexity index is 658. The summed E-state index contributed by atoms with van der Waals surface area (Å²) in [5.74, 6) is 1.40. The summed E-state index contributed by atoms with van der Waals surface area (Å²) in [6.07, 6.45) is -0.687. The summed E-state index contributed by atoms with van der Waals surface area (Å²) in [5.41, 5.74) is 1.50. The van der Waals surface area contributed by atoms with Gasteiger partial charge < -0.3 is 19.6 Å². The second-order valence-corrected chi connectivity index (χ2v) is 5.83. The summed E-state index contributed by atoms with van der Waals surface area (Å²) in [7, 11) is 0. The normalized spacial score (nSPS) is 12.3. The van der Waals surface area contributed by atoms with E-state index in [4.69, 9.17) is 9.15 Å². The number of carbonyl (C=O) groups is 1. The first-order valence-corrected chi connectivity index (χ1v) is 7.66. The Balaban J connectivity index is 1.92. The largest absolute Gasteiger partial charge is 0.491 e. The van der Waals surface area contributed by atoms with Crippen molar-refractivity contribution in [3.8, 4) is 5.75 Å². The van der Waals surface area contributed by atoms with Crippen molar-refractivity contribution in [3.05, 3.63) is 53.0 Å². The second-order valence-electron chi connectivity index (χ2n) is 5.83. The number of ether oxygens (including phenoxy) is 1. The third-order valence-electron chi connectivity index (χ3n) is 3.34. The summed E-state index contributed by atoms with van der Waals surface area (Å²) in [6, 6.07) is 8.99. The molecule has 0 radical (unpaired) electrons. The number of aliphatic hydroxyl groups excluding tert-OH is 1. The highest BCUT2D eigenvalue weighted by Crippen LogP contribution is 2.19. The van der Waals surface area contributed by atoms with Gasteiger partial charge in [0.05, 0.1) is 12.2 Å². The number of amides is 1. The number of carbonyl (C=O) groups excluding carboxylic acids is 1. The number of benzene rings is 1. The maximum atomic E-state index is 12.1. The SMILES string of the molecule is Cc1cc(C)c(C(=O)NCC(O)c2ccc(OC(C)C)cc2)o1. The van der Waals surface area contributed by atoms with Gasteiger partial charge in [-0.05, 0) is 51.5 Å². The molecular weight excluding hydrogens is 294 g/mol. The summed E-state index contributed by atoms with van der Waals surface area (Å²) >= 11 is 0. The molecule has 1 amide bonds. The molecule has 124 valence electrons. The van der Waals surface area contributed by atoms with Gasteiger partial charge in [-0.1, -0.05) is 12.1 Å². The summed E-state index contributed by atoms with van der Waals surface area (Å²) in [6.45, 7) is 7.63. The zero-order valence-corrected chi connectivity index (χ0v) is 13.9. The molecule has 5 nitrogen and oxygen atoms in total. The monoisotopic (exact) mass is 317 g/mol. The Labute approximate surface area is 136 Å². The highest BCUT2D eigenvalue weighted by atomic mass is 16.5. The van der Waals surface area contributed by atoms with Gasteiger partial charge in [0.1, 0.15) is 11.5 Å². The van der Waals surface area contributed by atoms with Gasteiger partial charge in [0.25, 0.3) is 5.91 Å². The van der Waals surface area contributed by atoms with Crippen LogP contribution >= 0.6 is 0 Å². The van der Waals surface area contributed by atoms with E-state index < -0.39 is 6.10 Å². The smallest absolute Gasteiger partial charge is 0.287 e. The zero-order chi connectivity index (χ0) is 17.0. The van der Waals surface area contributed by atoms with Gasteiger partial charge in [-0.3, -0.25) is 4.79 Å². The lowest BCUT2D eigenvalue weighted by Crippen LogP contribution is -2.28. The maximum absolute atomic E-state index is 12.1. The molecule has 1 atom stereocenters. The van der Waals surface area contributed by atoms with Crippen LogP contribution in [0.4, 0.5) is 0 Å². The van der Waals surface area contributed by atoms with Crippen LogP contribution in [0.5, 0.6) is 5.75 Å². The van der Waals surface area contributed by atoms with Crippen LogP contribution in [0.15, 0.2) is 34.7 Å². The quantitative estimate of drug-likeness (QED) is 0.858. The molecule has 1 aromatic heterocycles. The van der Waals surface area contributed by atoms with Crippen molar-refractivity contribution in [1.82, 2.24) is 5.32 Å². The number of furan rings is 1. The fourth-order valence-corrected chi connectivity index (χ4v) is 2.30. The van der Waals surface area contributed by atoms with Crippen LogP contribution in [-0.2, 0) is 0 Å². The third-order valence-corrected chi connectivity index (χ3v) is 3.34. The van der Waals surface area contributed by atoms with Gasteiger partial charge in [-0.15, -0.1) is 0 Å². The van der Waals surface area contributed by atoms with E-state index in [1.54, 1.807) is 37.3 Å². The highest BCUT2D eigenvalue weighted by Gasteiger charge is 2.16. The van der Waals surface area contributed by atoms with Gasteiger partial charge in [0.15, 0.2) is 5.76 Å². The lowest BCUT2D eigenvalue weighted by atomic mass is 10.1. The lowest BCUT2D eigenvalue weighted by molar-refractivity contribution is 0.0887. The van der Waals surface area contributed by atoms with Crippen LogP contribution in [0, 0.1) is 13.8 Å². The van der Waals surface area contributed by atoms with Gasteiger partial charge in [0.2, 0.25) is 0 Å². The molecule has 0 saturated carbocycles. The molecular formula is C18H23NO4. The van der Waals surface area contributed by atoms with Crippen LogP contribution in [-0.4, -0.2) is 23.7 Å². The first-order chi connectivity index (χ1) is 10.9. The number of rotatable bonds is 6. The predicted octanol–water partition coefficient (Wildman–Crippen LogP) is 3.15. The summed E-state index contributed by atoms with van der Waals surface area (Å²) in [4.78, 5) is 12.1. The van der Waals surface area contributed by atoms with Gasteiger partial charge >= 0.3 is 0 Å². The van der Waals surface area contributed by atoms with E-state index in [-0.39, 0.29) is 24.3 Å². The average Bonchev–Trinajstić information content (AvgIpc) is 2.83. The van der Waals surface area contributed by atoms with Crippen LogP contribution < -0.4 is 10.1 Å². The zero-order valence-electron chi connectivity index (χ0n) is 13.9. The first kappa shape index (κ1) is 17.1. The Kier molecular flexibility index (Phi) is 5.45. The van der Waals surface area contributed by atoms with Crippen LogP contribution in [0.1, 0.15) is 47.4 Å². The molecule has 0 saturated heterocycles. The van der Waals surface area contributed by atoms with E-state index in [9.17, 15) is 9.90 Å². The van der Waals surface area contributed by atoms with Crippen molar-refractivity contribution in [2.45, 2.75) is 39.9 Å². The molecule has 0 aliphatic rings. The summed E-state index contributed by atoms with van der Waals surface area (Å²) in [5, 5.41) is 12.9. The first-order valence-electron chi connectivity index (χ1n) is 7.66. The third kappa shape index (κ3) is 4.60. The lowest BCUT2D eigenvalue weighted by Gasteiger charge is -2.14. The van der Waals surface area contributed by atoms with Crippen LogP contribution in [0.25, 0.3) is 0 Å². The summed E-state index contributed by atoms with van der Waals surface area (Å²) < 4.78 is 10.9. The molecule has 2 N–H and O–H groups in total. The van der Waals surface area contributed by atoms with E-state index in [1.165, 1.54) is 0 Å². The van der Waals surface area contributed by atoms with Crippen molar-refractivity contribution in [3.63, 3.8) is 0 Å². The van der Waals surface area contributed by atoms with E-state index >= 15 is 0 Å². The van der Waals surface area contributed by atoms with Gasteiger partial charge in [-0.25, -0.2) is 0 Å². The predicted molar refractivity (Wildman–Crippen MR) is 87.7 cm³/mol. The Morgan fingerprint density at radius 1 is 1.26 bits per heavy atom. The molecule has 2 aromatic rings. The fraction of sp³-hybridized carbons (Fsp3) is 0.389. The number of hydrogen-bond donors (Lipinski definition) is 2. The number of hydrogen-bond acceptors (Lipinski definition) is 4. The molecule has 0 aliphatic carbocycles. The molecule has 1 aromatic carbocycles. The molecule has 0 fully saturated rings. The van der Waals surface area contributed by atoms with Crippen molar-refractivity contribution in [2.24, 2.45) is 0 Å². The number of nitrogens with one attached hydrogen (secondary N) is 1. The molecule has 0 spiro atoms. The van der Waals surface area contributed by atoms with Crippen molar-refractivity contribution < 1.29 is 19.1 Å². The van der Waals surface area contributed by atoms with Gasteiger partial charge in [-0.2, -0.15) is 0 Å². The van der Waals surface area contributed by atoms with Crippen molar-refractivity contribution in [1.29, 1.82) is 0 Å². The molecule has 1 heterocycles. The van der Waals surface area contributed by atoms with Gasteiger partial charge in [0, 0.05) is 12.1 Å². The standard InChI is InChI=1S/C18H23NO4/c1-11(2)22-15-7-5-14(6-8-15)16(20)10-19-18(21)17-12(3)9-13(4)23-17/h5-9,11,16,20H,10H2,1-4H3,(H,19,21). The number of aryl methyl sites for hydroxylation is 2. The highest BCUT2D eigenvalue weighted by molar-refractivity contribution is 5.92. The van der Waals surface area contributed by atoms with E-state index in [0.717, 1.165) is 11.3 Å². The molecule has 0 aliphatic heterocycles.